The van der Waals surface area contributed by atoms with Crippen LogP contribution in [0.3, 0.4) is 0 Å². The number of benzene rings is 1. The molecule has 24 heavy (non-hydrogen) atoms. The number of hydrogen-bond acceptors (Lipinski definition) is 4. The van der Waals surface area contributed by atoms with Crippen LogP contribution in [0.5, 0.6) is 0 Å². The van der Waals surface area contributed by atoms with Crippen molar-refractivity contribution in [2.45, 2.75) is 25.3 Å². The average Bonchev–Trinajstić information content (AvgIpc) is 3.14. The summed E-state index contributed by atoms with van der Waals surface area (Å²) in [6.07, 6.45) is 3.97. The Balaban J connectivity index is 1.71. The first-order chi connectivity index (χ1) is 11.5. The standard InChI is InChI=1S/C18H22FN3O2/c1-21(2)12-17(23)22-8-4-7-16(22)18-20-11-15(24-18)10-13-5-3-6-14(19)9-13/h3,5-6,9,11,16H,4,7-8,10,12H2,1-2H3/t16-/m1/s1. The van der Waals surface area contributed by atoms with Gasteiger partial charge in [0.25, 0.3) is 0 Å². The largest absolute Gasteiger partial charge is 0.443 e. The van der Waals surface area contributed by atoms with Gasteiger partial charge in [-0.15, -0.1) is 0 Å². The Kier molecular flexibility index (Phi) is 4.94. The second-order valence-electron chi connectivity index (χ2n) is 6.45. The van der Waals surface area contributed by atoms with Gasteiger partial charge in [0.2, 0.25) is 11.8 Å². The number of likely N-dealkylation sites (tertiary alicyclic amines) is 1. The second kappa shape index (κ2) is 7.13. The van der Waals surface area contributed by atoms with E-state index in [1.165, 1.54) is 12.1 Å². The van der Waals surface area contributed by atoms with Crippen LogP contribution in [0.15, 0.2) is 34.9 Å². The van der Waals surface area contributed by atoms with E-state index in [-0.39, 0.29) is 17.8 Å². The van der Waals surface area contributed by atoms with Crippen LogP contribution in [-0.2, 0) is 11.2 Å². The minimum absolute atomic E-state index is 0.0902. The summed E-state index contributed by atoms with van der Waals surface area (Å²) in [5, 5.41) is 0. The molecule has 1 atom stereocenters. The molecular weight excluding hydrogens is 309 g/mol. The van der Waals surface area contributed by atoms with Crippen LogP contribution >= 0.6 is 0 Å². The van der Waals surface area contributed by atoms with E-state index < -0.39 is 0 Å². The molecule has 0 unspecified atom stereocenters. The summed E-state index contributed by atoms with van der Waals surface area (Å²) in [5.74, 6) is 1.09. The van der Waals surface area contributed by atoms with Gasteiger partial charge in [0, 0.05) is 13.0 Å². The topological polar surface area (TPSA) is 49.6 Å². The molecule has 0 spiro atoms. The summed E-state index contributed by atoms with van der Waals surface area (Å²) in [6.45, 7) is 1.12. The molecule has 3 rings (SSSR count). The van der Waals surface area contributed by atoms with Gasteiger partial charge in [0.15, 0.2) is 0 Å². The van der Waals surface area contributed by atoms with Crippen LogP contribution in [0.1, 0.15) is 36.1 Å². The molecule has 2 heterocycles. The maximum Gasteiger partial charge on any atom is 0.237 e. The lowest BCUT2D eigenvalue weighted by Gasteiger charge is -2.23. The van der Waals surface area contributed by atoms with Gasteiger partial charge in [-0.3, -0.25) is 4.79 Å². The molecule has 128 valence electrons. The molecule has 1 saturated heterocycles. The van der Waals surface area contributed by atoms with Gasteiger partial charge in [-0.25, -0.2) is 9.37 Å². The van der Waals surface area contributed by atoms with Crippen LogP contribution in [0.2, 0.25) is 0 Å². The third kappa shape index (κ3) is 3.82. The van der Waals surface area contributed by atoms with Crippen LogP contribution in [-0.4, -0.2) is 47.9 Å². The number of carbonyl (C=O) groups is 1. The molecule has 0 radical (unpaired) electrons. The molecule has 6 heteroatoms. The van der Waals surface area contributed by atoms with Crippen molar-refractivity contribution in [3.8, 4) is 0 Å². The third-order valence-corrected chi connectivity index (χ3v) is 4.15. The van der Waals surface area contributed by atoms with E-state index in [2.05, 4.69) is 4.98 Å². The Hall–Kier alpha value is -2.21. The van der Waals surface area contributed by atoms with Gasteiger partial charge in [0.1, 0.15) is 17.6 Å². The SMILES string of the molecule is CN(C)CC(=O)N1CCC[C@@H]1c1ncc(Cc2cccc(F)c2)o1. The van der Waals surface area contributed by atoms with Crippen molar-refractivity contribution in [3.63, 3.8) is 0 Å². The van der Waals surface area contributed by atoms with Crippen LogP contribution < -0.4 is 0 Å². The molecule has 2 aromatic rings. The fourth-order valence-corrected chi connectivity index (χ4v) is 3.09. The first-order valence-corrected chi connectivity index (χ1v) is 8.16. The molecule has 1 aliphatic rings. The highest BCUT2D eigenvalue weighted by Gasteiger charge is 2.33. The maximum absolute atomic E-state index is 13.3. The highest BCUT2D eigenvalue weighted by Crippen LogP contribution is 2.32. The molecular formula is C18H22FN3O2. The lowest BCUT2D eigenvalue weighted by atomic mass is 10.1. The van der Waals surface area contributed by atoms with Crippen LogP contribution in [0, 0.1) is 5.82 Å². The molecule has 5 nitrogen and oxygen atoms in total. The third-order valence-electron chi connectivity index (χ3n) is 4.15. The van der Waals surface area contributed by atoms with Crippen molar-refractivity contribution < 1.29 is 13.6 Å². The average molecular weight is 331 g/mol. The predicted molar refractivity (Wildman–Crippen MR) is 88.0 cm³/mol. The van der Waals surface area contributed by atoms with E-state index in [4.69, 9.17) is 4.42 Å². The van der Waals surface area contributed by atoms with Crippen molar-refractivity contribution in [2.24, 2.45) is 0 Å². The Labute approximate surface area is 141 Å². The smallest absolute Gasteiger partial charge is 0.237 e. The summed E-state index contributed by atoms with van der Waals surface area (Å²) in [7, 11) is 3.76. The van der Waals surface area contributed by atoms with Crippen LogP contribution in [0.25, 0.3) is 0 Å². The van der Waals surface area contributed by atoms with E-state index in [1.807, 2.05) is 30.0 Å². The van der Waals surface area contributed by atoms with E-state index in [9.17, 15) is 9.18 Å². The van der Waals surface area contributed by atoms with Gasteiger partial charge < -0.3 is 14.2 Å². The zero-order valence-corrected chi connectivity index (χ0v) is 14.0. The Morgan fingerprint density at radius 2 is 2.29 bits per heavy atom. The highest BCUT2D eigenvalue weighted by molar-refractivity contribution is 5.78. The van der Waals surface area contributed by atoms with Crippen molar-refractivity contribution in [2.75, 3.05) is 27.2 Å². The van der Waals surface area contributed by atoms with Gasteiger partial charge in [0.05, 0.1) is 12.7 Å². The van der Waals surface area contributed by atoms with E-state index >= 15 is 0 Å². The Bertz CT molecular complexity index is 714. The molecule has 0 bridgehead atoms. The Morgan fingerprint density at radius 1 is 1.46 bits per heavy atom. The van der Waals surface area contributed by atoms with E-state index in [0.717, 1.165) is 24.9 Å². The number of oxazole rings is 1. The summed E-state index contributed by atoms with van der Waals surface area (Å²) in [6, 6.07) is 6.35. The summed E-state index contributed by atoms with van der Waals surface area (Å²) < 4.78 is 19.1. The van der Waals surface area contributed by atoms with E-state index in [0.29, 0.717) is 24.6 Å². The Morgan fingerprint density at radius 3 is 3.04 bits per heavy atom. The van der Waals surface area contributed by atoms with Crippen LogP contribution in [0.4, 0.5) is 4.39 Å². The first-order valence-electron chi connectivity index (χ1n) is 8.16. The normalized spacial score (nSPS) is 17.7. The minimum Gasteiger partial charge on any atom is -0.443 e. The van der Waals surface area contributed by atoms with Gasteiger partial charge in [-0.2, -0.15) is 0 Å². The van der Waals surface area contributed by atoms with Gasteiger partial charge >= 0.3 is 0 Å². The zero-order valence-electron chi connectivity index (χ0n) is 14.0. The minimum atomic E-state index is -0.261. The van der Waals surface area contributed by atoms with Crippen molar-refractivity contribution in [3.05, 3.63) is 53.5 Å². The van der Waals surface area contributed by atoms with Crippen molar-refractivity contribution in [1.29, 1.82) is 0 Å². The number of halogens is 1. The fourth-order valence-electron chi connectivity index (χ4n) is 3.09. The van der Waals surface area contributed by atoms with Gasteiger partial charge in [-0.1, -0.05) is 12.1 Å². The summed E-state index contributed by atoms with van der Waals surface area (Å²) in [4.78, 5) is 20.4. The number of carbonyl (C=O) groups excluding carboxylic acids is 1. The number of hydrogen-bond donors (Lipinski definition) is 0. The monoisotopic (exact) mass is 331 g/mol. The molecule has 1 amide bonds. The number of aromatic nitrogens is 1. The number of nitrogens with zero attached hydrogens (tertiary/aromatic N) is 3. The molecule has 1 aliphatic heterocycles. The second-order valence-corrected chi connectivity index (χ2v) is 6.45. The fraction of sp³-hybridized carbons (Fsp3) is 0.444. The molecule has 1 fully saturated rings. The molecule has 1 aromatic heterocycles. The van der Waals surface area contributed by atoms with E-state index in [1.54, 1.807) is 12.3 Å². The lowest BCUT2D eigenvalue weighted by molar-refractivity contribution is -0.133. The number of rotatable bonds is 5. The zero-order chi connectivity index (χ0) is 17.1. The number of likely N-dealkylation sites (N-methyl/N-ethyl adjacent to an activating group) is 1. The van der Waals surface area contributed by atoms with Crippen molar-refractivity contribution in [1.82, 2.24) is 14.8 Å². The van der Waals surface area contributed by atoms with Gasteiger partial charge in [-0.05, 0) is 44.6 Å². The predicted octanol–water partition coefficient (Wildman–Crippen LogP) is 2.63. The quantitative estimate of drug-likeness (QED) is 0.845. The van der Waals surface area contributed by atoms with Crippen molar-refractivity contribution >= 4 is 5.91 Å². The number of amides is 1. The summed E-state index contributed by atoms with van der Waals surface area (Å²) >= 11 is 0. The first kappa shape index (κ1) is 16.6. The summed E-state index contributed by atoms with van der Waals surface area (Å²) in [5.41, 5.74) is 0.838. The molecule has 0 saturated carbocycles. The lowest BCUT2D eigenvalue weighted by Crippen LogP contribution is -2.37. The highest BCUT2D eigenvalue weighted by atomic mass is 19.1. The molecule has 0 aliphatic carbocycles. The molecule has 0 N–H and O–H groups in total. The maximum atomic E-state index is 13.3. The molecule has 1 aromatic carbocycles.